The molecule has 0 radical (unpaired) electrons. The number of hydrogen-bond acceptors (Lipinski definition) is 4. The van der Waals surface area contributed by atoms with Gasteiger partial charge in [-0.3, -0.25) is 14.5 Å². The number of nitrogens with zero attached hydrogens (tertiary/aromatic N) is 3. The highest BCUT2D eigenvalue weighted by Crippen LogP contribution is 2.31. The van der Waals surface area contributed by atoms with Crippen molar-refractivity contribution in [3.63, 3.8) is 0 Å². The Morgan fingerprint density at radius 3 is 1.88 bits per heavy atom. The lowest BCUT2D eigenvalue weighted by Crippen LogP contribution is -2.24. The predicted molar refractivity (Wildman–Crippen MR) is 89.3 cm³/mol. The Bertz CT molecular complexity index is 953. The van der Waals surface area contributed by atoms with E-state index in [9.17, 15) is 9.59 Å². The second-order valence-electron chi connectivity index (χ2n) is 5.52. The van der Waals surface area contributed by atoms with Crippen LogP contribution in [0.2, 0.25) is 0 Å². The average Bonchev–Trinajstić information content (AvgIpc) is 2.87. The van der Waals surface area contributed by atoms with Crippen LogP contribution in [0.1, 0.15) is 20.8 Å². The van der Waals surface area contributed by atoms with Crippen molar-refractivity contribution in [2.75, 3.05) is 7.05 Å². The van der Waals surface area contributed by atoms with Crippen molar-refractivity contribution in [3.05, 3.63) is 71.9 Å². The standard InChI is InChI=1S/C19H13N3O2/c1-22-18(23)14-15(12-8-4-2-5-9-12)20-17(21-16(14)19(22)24)13-10-6-3-7-11-13/h2-11H,1H3. The van der Waals surface area contributed by atoms with Gasteiger partial charge in [-0.15, -0.1) is 0 Å². The molecule has 4 rings (SSSR count). The second-order valence-corrected chi connectivity index (χ2v) is 5.52. The van der Waals surface area contributed by atoms with E-state index in [-0.39, 0.29) is 17.2 Å². The number of benzene rings is 2. The molecule has 1 aliphatic heterocycles. The quantitative estimate of drug-likeness (QED) is 0.682. The van der Waals surface area contributed by atoms with Gasteiger partial charge in [-0.1, -0.05) is 60.7 Å². The molecule has 1 aromatic heterocycles. The number of carbonyl (C=O) groups excluding carboxylic acids is 2. The van der Waals surface area contributed by atoms with E-state index in [2.05, 4.69) is 9.97 Å². The van der Waals surface area contributed by atoms with Gasteiger partial charge in [-0.25, -0.2) is 9.97 Å². The molecule has 2 aromatic carbocycles. The Morgan fingerprint density at radius 2 is 1.25 bits per heavy atom. The zero-order valence-electron chi connectivity index (χ0n) is 12.9. The highest BCUT2D eigenvalue weighted by Gasteiger charge is 2.38. The highest BCUT2D eigenvalue weighted by molar-refractivity contribution is 6.22. The van der Waals surface area contributed by atoms with Crippen LogP contribution in [0.15, 0.2) is 60.7 Å². The molecule has 0 aliphatic carbocycles. The molecule has 116 valence electrons. The predicted octanol–water partition coefficient (Wildman–Crippen LogP) is 3.04. The van der Waals surface area contributed by atoms with Gasteiger partial charge < -0.3 is 0 Å². The van der Waals surface area contributed by atoms with Crippen LogP contribution in [0, 0.1) is 0 Å². The molecule has 0 bridgehead atoms. The molecule has 1 aliphatic rings. The SMILES string of the molecule is CN1C(=O)c2nc(-c3ccccc3)nc(-c3ccccc3)c2C1=O. The summed E-state index contributed by atoms with van der Waals surface area (Å²) in [6.07, 6.45) is 0. The first kappa shape index (κ1) is 14.3. The summed E-state index contributed by atoms with van der Waals surface area (Å²) in [5.41, 5.74) is 2.50. The summed E-state index contributed by atoms with van der Waals surface area (Å²) in [4.78, 5) is 34.9. The summed E-state index contributed by atoms with van der Waals surface area (Å²) in [7, 11) is 1.46. The molecule has 0 saturated carbocycles. The van der Waals surface area contributed by atoms with E-state index in [0.29, 0.717) is 11.5 Å². The number of amides is 2. The Morgan fingerprint density at radius 1 is 0.708 bits per heavy atom. The van der Waals surface area contributed by atoms with Gasteiger partial charge in [0.25, 0.3) is 11.8 Å². The zero-order chi connectivity index (χ0) is 16.7. The van der Waals surface area contributed by atoms with Crippen molar-refractivity contribution in [1.29, 1.82) is 0 Å². The molecule has 2 amide bonds. The van der Waals surface area contributed by atoms with Crippen LogP contribution in [0.3, 0.4) is 0 Å². The molecule has 3 aromatic rings. The van der Waals surface area contributed by atoms with Crippen molar-refractivity contribution in [2.45, 2.75) is 0 Å². The Kier molecular flexibility index (Phi) is 3.20. The van der Waals surface area contributed by atoms with Crippen LogP contribution in [0.5, 0.6) is 0 Å². The average molecular weight is 315 g/mol. The minimum Gasteiger partial charge on any atom is -0.276 e. The first-order valence-corrected chi connectivity index (χ1v) is 7.52. The van der Waals surface area contributed by atoms with Crippen molar-refractivity contribution in [2.24, 2.45) is 0 Å². The summed E-state index contributed by atoms with van der Waals surface area (Å²) in [5.74, 6) is -0.329. The van der Waals surface area contributed by atoms with Crippen molar-refractivity contribution in [1.82, 2.24) is 14.9 Å². The van der Waals surface area contributed by atoms with Crippen LogP contribution in [-0.2, 0) is 0 Å². The fraction of sp³-hybridized carbons (Fsp3) is 0.0526. The molecule has 5 nitrogen and oxygen atoms in total. The van der Waals surface area contributed by atoms with Crippen LogP contribution < -0.4 is 0 Å². The first-order chi connectivity index (χ1) is 11.7. The fourth-order valence-corrected chi connectivity index (χ4v) is 2.76. The number of hydrogen-bond donors (Lipinski definition) is 0. The maximum Gasteiger partial charge on any atom is 0.280 e. The number of fused-ring (bicyclic) bond motifs is 1. The summed E-state index contributed by atoms with van der Waals surface area (Å²) < 4.78 is 0. The molecule has 0 N–H and O–H groups in total. The van der Waals surface area contributed by atoms with Crippen LogP contribution in [0.25, 0.3) is 22.6 Å². The molecule has 24 heavy (non-hydrogen) atoms. The van der Waals surface area contributed by atoms with E-state index in [1.165, 1.54) is 7.05 Å². The van der Waals surface area contributed by atoms with Gasteiger partial charge in [0.1, 0.15) is 5.69 Å². The fourth-order valence-electron chi connectivity index (χ4n) is 2.76. The molecular weight excluding hydrogens is 302 g/mol. The van der Waals surface area contributed by atoms with E-state index in [1.54, 1.807) is 0 Å². The van der Waals surface area contributed by atoms with E-state index in [1.807, 2.05) is 60.7 Å². The summed E-state index contributed by atoms with van der Waals surface area (Å²) in [6.45, 7) is 0. The number of carbonyl (C=O) groups is 2. The Hall–Kier alpha value is -3.34. The third-order valence-corrected chi connectivity index (χ3v) is 4.01. The third kappa shape index (κ3) is 2.10. The van der Waals surface area contributed by atoms with Crippen LogP contribution in [0.4, 0.5) is 0 Å². The van der Waals surface area contributed by atoms with E-state index in [4.69, 9.17) is 0 Å². The number of aromatic nitrogens is 2. The van der Waals surface area contributed by atoms with Crippen LogP contribution >= 0.6 is 0 Å². The Labute approximate surface area is 138 Å². The lowest BCUT2D eigenvalue weighted by molar-refractivity contribution is 0.0691. The van der Waals surface area contributed by atoms with Crippen molar-refractivity contribution in [3.8, 4) is 22.6 Å². The van der Waals surface area contributed by atoms with E-state index < -0.39 is 5.91 Å². The molecule has 0 unspecified atom stereocenters. The van der Waals surface area contributed by atoms with Gasteiger partial charge in [-0.05, 0) is 0 Å². The van der Waals surface area contributed by atoms with Crippen molar-refractivity contribution >= 4 is 11.8 Å². The molecule has 0 atom stereocenters. The van der Waals surface area contributed by atoms with Gasteiger partial charge in [0.2, 0.25) is 0 Å². The van der Waals surface area contributed by atoms with Gasteiger partial charge in [0.15, 0.2) is 5.82 Å². The lowest BCUT2D eigenvalue weighted by atomic mass is 10.0. The smallest absolute Gasteiger partial charge is 0.276 e. The maximum absolute atomic E-state index is 12.5. The lowest BCUT2D eigenvalue weighted by Gasteiger charge is -2.08. The molecule has 2 heterocycles. The third-order valence-electron chi connectivity index (χ3n) is 4.01. The maximum atomic E-state index is 12.5. The monoisotopic (exact) mass is 315 g/mol. The second kappa shape index (κ2) is 5.38. The largest absolute Gasteiger partial charge is 0.280 e. The van der Waals surface area contributed by atoms with Gasteiger partial charge >= 0.3 is 0 Å². The van der Waals surface area contributed by atoms with Crippen LogP contribution in [-0.4, -0.2) is 33.7 Å². The Balaban J connectivity index is 2.02. The number of rotatable bonds is 2. The highest BCUT2D eigenvalue weighted by atomic mass is 16.2. The normalized spacial score (nSPS) is 13.3. The van der Waals surface area contributed by atoms with E-state index >= 15 is 0 Å². The zero-order valence-corrected chi connectivity index (χ0v) is 12.9. The molecule has 5 heteroatoms. The molecule has 0 fully saturated rings. The van der Waals surface area contributed by atoms with Gasteiger partial charge in [0, 0.05) is 18.2 Å². The topological polar surface area (TPSA) is 63.2 Å². The van der Waals surface area contributed by atoms with Gasteiger partial charge in [-0.2, -0.15) is 0 Å². The molecule has 0 saturated heterocycles. The minimum absolute atomic E-state index is 0.162. The summed E-state index contributed by atoms with van der Waals surface area (Å²) in [5, 5.41) is 0. The van der Waals surface area contributed by atoms with Crippen molar-refractivity contribution < 1.29 is 9.59 Å². The first-order valence-electron chi connectivity index (χ1n) is 7.52. The minimum atomic E-state index is -0.397. The summed E-state index contributed by atoms with van der Waals surface area (Å²) in [6, 6.07) is 18.8. The summed E-state index contributed by atoms with van der Waals surface area (Å²) >= 11 is 0. The molecular formula is C19H13N3O2. The number of imide groups is 1. The van der Waals surface area contributed by atoms with Gasteiger partial charge in [0.05, 0.1) is 11.3 Å². The molecule has 0 spiro atoms. The van der Waals surface area contributed by atoms with E-state index in [0.717, 1.165) is 16.0 Å².